The number of para-hydroxylation sites is 3. The SMILES string of the molecule is CC1CCCCC1N1CCC2(C1)C(=O)N(Cc1ccc(-c3cnn(C)c3)cc1F)c1ccccc12.Cn1cc(-c2ccc(CN3C(=O)C4(CCN(C5CCC(F)(F)CC5)C4)c4ccccc43)c(F)c2)cn1.Cn1cc(-c2ccc(CN3C(=O)C4(CCN(C5CCCCC5F)C4)c4ccccc43)c(F)c2)cn1. The summed E-state index contributed by atoms with van der Waals surface area (Å²) in [6.45, 7) is 7.14. The second-order valence-electron chi connectivity index (χ2n) is 31.5. The number of hydrogen-bond donors (Lipinski definition) is 0. The van der Waals surface area contributed by atoms with Crippen molar-refractivity contribution in [3.05, 3.63) is 215 Å². The lowest BCUT2D eigenvalue weighted by Crippen LogP contribution is -2.47. The summed E-state index contributed by atoms with van der Waals surface area (Å²) in [5, 5.41) is 12.5. The molecule has 6 aromatic carbocycles. The van der Waals surface area contributed by atoms with Gasteiger partial charge >= 0.3 is 0 Å². The monoisotopic (exact) mass is 1440 g/mol. The Morgan fingerprint density at radius 2 is 0.764 bits per heavy atom. The highest BCUT2D eigenvalue weighted by molar-refractivity contribution is 6.10. The number of fused-ring (bicyclic) bond motifs is 6. The van der Waals surface area contributed by atoms with Crippen LogP contribution >= 0.6 is 0 Å². The largest absolute Gasteiger partial charge is 0.307 e. The van der Waals surface area contributed by atoms with Gasteiger partial charge in [0.05, 0.1) is 54.5 Å². The zero-order chi connectivity index (χ0) is 73.4. The zero-order valence-electron chi connectivity index (χ0n) is 60.8. The number of halogens is 6. The molecule has 106 heavy (non-hydrogen) atoms. The molecule has 3 aromatic heterocycles. The molecule has 3 saturated carbocycles. The fourth-order valence-corrected chi connectivity index (χ4v) is 19.3. The van der Waals surface area contributed by atoms with E-state index in [9.17, 15) is 27.6 Å². The molecule has 6 fully saturated rings. The standard InChI is InChI=1S/C29H33FN4O.C28H29F3N4O.C28H30F2N4O/c1-20-7-3-5-9-26(20)33-14-13-29(19-33)24-8-4-6-10-27(24)34(28(29)35)18-22-12-11-21(15-25(22)30)23-16-31-32(2)17-23;1-33-16-21(15-32-33)19-6-7-20(24(29)14-19)17-35-25-5-3-2-4-23(25)27(26(35)36)12-13-34(18-27)22-8-10-28(30,31)11-9-22;1-32-16-21(15-31-32)19-10-11-20(24(30)14-19)17-34-25-8-4-2-6-22(25)28(27(34)35)12-13-33(18-28)26-9-5-3-7-23(26)29/h4,6,8,10-12,15-17,20,26H,3,5,7,9,13-14,18-19H2,1-2H3;2-7,14-16,22H,8-13,17-18H2,1H3;2,4,6,8,10-11,14-16,23,26H,3,5,7,9,12-13,17-18H2,1H3. The molecule has 0 radical (unpaired) electrons. The predicted octanol–water partition coefficient (Wildman–Crippen LogP) is 15.6. The van der Waals surface area contributed by atoms with Gasteiger partial charge < -0.3 is 14.7 Å². The van der Waals surface area contributed by atoms with Crippen molar-refractivity contribution >= 4 is 34.8 Å². The van der Waals surface area contributed by atoms with Gasteiger partial charge in [-0.3, -0.25) is 43.1 Å². The number of alkyl halides is 3. The zero-order valence-corrected chi connectivity index (χ0v) is 60.8. The molecule has 21 heteroatoms. The number of aromatic nitrogens is 6. The topological polar surface area (TPSA) is 124 Å². The van der Waals surface area contributed by atoms with Gasteiger partial charge in [0.25, 0.3) is 0 Å². The van der Waals surface area contributed by atoms with Gasteiger partial charge in [-0.15, -0.1) is 0 Å². The average molecular weight is 1440 g/mol. The summed E-state index contributed by atoms with van der Waals surface area (Å²) in [6.07, 6.45) is 21.3. The molecule has 9 aromatic rings. The Morgan fingerprint density at radius 3 is 1.13 bits per heavy atom. The molecule has 9 aliphatic rings. The summed E-state index contributed by atoms with van der Waals surface area (Å²) in [6, 6.07) is 39.8. The lowest BCUT2D eigenvalue weighted by atomic mass is 9.80. The van der Waals surface area contributed by atoms with Crippen LogP contribution in [-0.4, -0.2) is 131 Å². The van der Waals surface area contributed by atoms with Crippen LogP contribution in [0.4, 0.5) is 43.4 Å². The summed E-state index contributed by atoms with van der Waals surface area (Å²) in [5.74, 6) is -2.79. The van der Waals surface area contributed by atoms with Gasteiger partial charge in [0, 0.05) is 147 Å². The van der Waals surface area contributed by atoms with Gasteiger partial charge in [-0.05, 0) is 147 Å². The maximum Gasteiger partial charge on any atom is 0.248 e. The molecule has 6 aliphatic heterocycles. The Morgan fingerprint density at radius 1 is 0.415 bits per heavy atom. The van der Waals surface area contributed by atoms with E-state index in [-0.39, 0.29) is 79.7 Å². The van der Waals surface area contributed by atoms with E-state index in [4.69, 9.17) is 0 Å². The third kappa shape index (κ3) is 13.1. The maximum atomic E-state index is 15.2. The van der Waals surface area contributed by atoms with Crippen LogP contribution in [0.3, 0.4) is 0 Å². The highest BCUT2D eigenvalue weighted by atomic mass is 19.3. The predicted molar refractivity (Wildman–Crippen MR) is 398 cm³/mol. The van der Waals surface area contributed by atoms with Crippen LogP contribution in [0.2, 0.25) is 0 Å². The molecule has 3 amide bonds. The van der Waals surface area contributed by atoms with Crippen molar-refractivity contribution in [2.45, 2.75) is 169 Å². The number of carbonyl (C=O) groups excluding carboxylic acids is 3. The molecule has 7 atom stereocenters. The van der Waals surface area contributed by atoms with Gasteiger partial charge in [0.2, 0.25) is 23.6 Å². The van der Waals surface area contributed by atoms with Crippen molar-refractivity contribution < 1.29 is 40.7 Å². The van der Waals surface area contributed by atoms with E-state index < -0.39 is 28.3 Å². The van der Waals surface area contributed by atoms with Gasteiger partial charge in [-0.1, -0.05) is 124 Å². The van der Waals surface area contributed by atoms with Crippen molar-refractivity contribution in [2.24, 2.45) is 27.1 Å². The van der Waals surface area contributed by atoms with Crippen LogP contribution < -0.4 is 14.7 Å². The molecule has 0 bridgehead atoms. The van der Waals surface area contributed by atoms with Crippen molar-refractivity contribution in [3.63, 3.8) is 0 Å². The molecular weight excluding hydrogens is 1350 g/mol. The van der Waals surface area contributed by atoms with Crippen LogP contribution in [0.5, 0.6) is 0 Å². The van der Waals surface area contributed by atoms with Crippen LogP contribution in [-0.2, 0) is 71.4 Å². The normalized spacial score (nSPS) is 25.8. The number of aryl methyl sites for hydroxylation is 3. The highest BCUT2D eigenvalue weighted by Gasteiger charge is 2.59. The Hall–Kier alpha value is -9.18. The second kappa shape index (κ2) is 28.5. The Kier molecular flexibility index (Phi) is 19.1. The number of anilines is 3. The number of rotatable bonds is 12. The molecule has 3 spiro atoms. The summed E-state index contributed by atoms with van der Waals surface area (Å²) >= 11 is 0. The fourth-order valence-electron chi connectivity index (χ4n) is 19.3. The first-order valence-electron chi connectivity index (χ1n) is 38.0. The number of hydrogen-bond acceptors (Lipinski definition) is 9. The molecule has 9 heterocycles. The van der Waals surface area contributed by atoms with Crippen LogP contribution in [0.25, 0.3) is 33.4 Å². The van der Waals surface area contributed by atoms with E-state index in [2.05, 4.69) is 43.0 Å². The molecule has 0 N–H and O–H groups in total. The number of likely N-dealkylation sites (tertiary alicyclic amines) is 3. The summed E-state index contributed by atoms with van der Waals surface area (Å²) in [5.41, 5.74) is 10.1. The molecule has 15 nitrogen and oxygen atoms in total. The van der Waals surface area contributed by atoms with E-state index in [0.29, 0.717) is 86.9 Å². The second-order valence-corrected chi connectivity index (χ2v) is 31.5. The molecular formula is C85H92F6N12O3. The van der Waals surface area contributed by atoms with E-state index in [1.807, 2.05) is 136 Å². The van der Waals surface area contributed by atoms with Gasteiger partial charge in [-0.25, -0.2) is 26.3 Å². The van der Waals surface area contributed by atoms with Gasteiger partial charge in [-0.2, -0.15) is 15.3 Å². The lowest BCUT2D eigenvalue weighted by Gasteiger charge is -2.37. The van der Waals surface area contributed by atoms with Crippen molar-refractivity contribution in [3.8, 4) is 33.4 Å². The first-order valence-corrected chi connectivity index (χ1v) is 38.0. The number of nitrogens with zero attached hydrogens (tertiary/aromatic N) is 12. The molecule has 552 valence electrons. The minimum absolute atomic E-state index is 0.00292. The third-order valence-corrected chi connectivity index (χ3v) is 25.1. The van der Waals surface area contributed by atoms with Crippen molar-refractivity contribution in [2.75, 3.05) is 54.0 Å². The first-order chi connectivity index (χ1) is 51.2. The minimum Gasteiger partial charge on any atom is -0.307 e. The van der Waals surface area contributed by atoms with Crippen LogP contribution in [0.15, 0.2) is 165 Å². The van der Waals surface area contributed by atoms with Crippen LogP contribution in [0.1, 0.15) is 137 Å². The van der Waals surface area contributed by atoms with Gasteiger partial charge in [0.1, 0.15) is 23.6 Å². The van der Waals surface area contributed by atoms with E-state index >= 15 is 13.2 Å². The number of benzene rings is 6. The Labute approximate surface area is 615 Å². The van der Waals surface area contributed by atoms with E-state index in [0.717, 1.165) is 106 Å². The number of amides is 3. The van der Waals surface area contributed by atoms with E-state index in [1.54, 1.807) is 60.6 Å². The summed E-state index contributed by atoms with van der Waals surface area (Å²) < 4.78 is 92.9. The van der Waals surface area contributed by atoms with Crippen molar-refractivity contribution in [1.82, 2.24) is 44.0 Å². The summed E-state index contributed by atoms with van der Waals surface area (Å²) in [7, 11) is 5.49. The Bertz CT molecular complexity index is 4600. The summed E-state index contributed by atoms with van der Waals surface area (Å²) in [4.78, 5) is 54.3. The lowest BCUT2D eigenvalue weighted by molar-refractivity contribution is -0.123. The van der Waals surface area contributed by atoms with Crippen molar-refractivity contribution in [1.29, 1.82) is 0 Å². The quantitative estimate of drug-likeness (QED) is 0.110. The molecule has 3 aliphatic carbocycles. The smallest absolute Gasteiger partial charge is 0.248 e. The van der Waals surface area contributed by atoms with Gasteiger partial charge in [0.15, 0.2) is 0 Å². The average Bonchev–Trinajstić information content (AvgIpc) is 1.58. The number of carbonyl (C=O) groups is 3. The molecule has 3 saturated heterocycles. The van der Waals surface area contributed by atoms with Crippen LogP contribution in [0, 0.1) is 23.4 Å². The maximum absolute atomic E-state index is 15.2. The molecule has 18 rings (SSSR count). The fraction of sp³-hybridized carbons (Fsp3) is 0.435. The third-order valence-electron chi connectivity index (χ3n) is 25.1. The Balaban J connectivity index is 0.000000122. The van der Waals surface area contributed by atoms with E-state index in [1.165, 1.54) is 37.8 Å². The first kappa shape index (κ1) is 71.1. The molecule has 7 unspecified atom stereocenters. The highest BCUT2D eigenvalue weighted by Crippen LogP contribution is 2.53. The minimum atomic E-state index is -2.57.